The highest BCUT2D eigenvalue weighted by Crippen LogP contribution is 2.11. The number of rotatable bonds is 2. The largest absolute Gasteiger partial charge is 0.0776 e. The van der Waals surface area contributed by atoms with Crippen molar-refractivity contribution in [3.05, 3.63) is 70.8 Å². The average molecular weight is 242 g/mol. The van der Waals surface area contributed by atoms with Gasteiger partial charge in [-0.3, -0.25) is 0 Å². The summed E-state index contributed by atoms with van der Waals surface area (Å²) in [5.41, 5.74) is 5.40. The van der Waals surface area contributed by atoms with E-state index in [9.17, 15) is 0 Å². The van der Waals surface area contributed by atoms with Crippen molar-refractivity contribution in [1.82, 2.24) is 0 Å². The van der Waals surface area contributed by atoms with Gasteiger partial charge in [0.25, 0.3) is 0 Å². The second-order valence-corrected chi connectivity index (χ2v) is 4.15. The van der Waals surface area contributed by atoms with Crippen LogP contribution < -0.4 is 0 Å². The number of hydrogen-bond donors (Lipinski definition) is 0. The molecule has 0 saturated heterocycles. The molecule has 0 aliphatic rings. The van der Waals surface area contributed by atoms with Gasteiger partial charge in [-0.05, 0) is 31.4 Å². The molecule has 0 atom stereocenters. The van der Waals surface area contributed by atoms with Crippen LogP contribution in [0, 0.1) is 13.8 Å². The minimum absolute atomic E-state index is 0. The van der Waals surface area contributed by atoms with Crippen molar-refractivity contribution >= 4 is 0 Å². The monoisotopic (exact) mass is 242 g/mol. The second kappa shape index (κ2) is 8.52. The van der Waals surface area contributed by atoms with Gasteiger partial charge >= 0.3 is 0 Å². The Labute approximate surface area is 113 Å². The molecule has 98 valence electrons. The Morgan fingerprint density at radius 1 is 0.611 bits per heavy atom. The maximum absolute atomic E-state index is 2.20. The lowest BCUT2D eigenvalue weighted by Gasteiger charge is -2.03. The van der Waals surface area contributed by atoms with E-state index in [1.165, 1.54) is 22.3 Å². The molecule has 0 aliphatic carbocycles. The highest BCUT2D eigenvalue weighted by atomic mass is 14.0. The van der Waals surface area contributed by atoms with Crippen molar-refractivity contribution < 1.29 is 0 Å². The minimum Gasteiger partial charge on any atom is -0.0776 e. The zero-order valence-electron chi connectivity index (χ0n) is 11.3. The van der Waals surface area contributed by atoms with Gasteiger partial charge in [0, 0.05) is 0 Å². The van der Waals surface area contributed by atoms with Crippen LogP contribution in [0.1, 0.15) is 43.5 Å². The molecule has 18 heavy (non-hydrogen) atoms. The third-order valence-electron chi connectivity index (χ3n) is 2.65. The summed E-state index contributed by atoms with van der Waals surface area (Å²) in [4.78, 5) is 0. The van der Waals surface area contributed by atoms with Crippen LogP contribution in [-0.4, -0.2) is 0 Å². The van der Waals surface area contributed by atoms with Crippen molar-refractivity contribution in [2.75, 3.05) is 0 Å². The minimum atomic E-state index is 0. The summed E-state index contributed by atoms with van der Waals surface area (Å²) in [5.74, 6) is 0. The summed E-state index contributed by atoms with van der Waals surface area (Å²) in [6.07, 6.45) is 1.03. The third kappa shape index (κ3) is 5.18. The van der Waals surface area contributed by atoms with Crippen molar-refractivity contribution in [2.24, 2.45) is 0 Å². The Balaban J connectivity index is 0.000000917. The van der Waals surface area contributed by atoms with Gasteiger partial charge in [-0.25, -0.2) is 0 Å². The molecule has 0 aromatic heterocycles. The molecule has 0 nitrogen and oxygen atoms in total. The first-order valence-electron chi connectivity index (χ1n) is 6.35. The Morgan fingerprint density at radius 3 is 1.17 bits per heavy atom. The van der Waals surface area contributed by atoms with Gasteiger partial charge < -0.3 is 0 Å². The van der Waals surface area contributed by atoms with E-state index in [0.29, 0.717) is 0 Å². The zero-order valence-corrected chi connectivity index (χ0v) is 11.3. The van der Waals surface area contributed by atoms with E-state index in [-0.39, 0.29) is 7.43 Å². The molecule has 2 rings (SSSR count). The van der Waals surface area contributed by atoms with Crippen molar-refractivity contribution in [3.63, 3.8) is 0 Å². The fourth-order valence-electron chi connectivity index (χ4n) is 1.65. The molecule has 0 heterocycles. The smallest absolute Gasteiger partial charge is 0.00258 e. The predicted molar refractivity (Wildman–Crippen MR) is 83.2 cm³/mol. The lowest BCUT2D eigenvalue weighted by Crippen LogP contribution is -1.88. The Hall–Kier alpha value is -1.56. The summed E-state index contributed by atoms with van der Waals surface area (Å²) in [7, 11) is 0. The molecule has 0 heteroatoms. The number of hydrogen-bond acceptors (Lipinski definition) is 0. The van der Waals surface area contributed by atoms with Gasteiger partial charge in [-0.2, -0.15) is 0 Å². The highest BCUT2D eigenvalue weighted by molar-refractivity contribution is 5.29. The summed E-state index contributed by atoms with van der Waals surface area (Å²) >= 11 is 0. The maximum Gasteiger partial charge on any atom is -0.00258 e. The van der Waals surface area contributed by atoms with Crippen LogP contribution in [0.15, 0.2) is 48.5 Å². The van der Waals surface area contributed by atoms with E-state index >= 15 is 0 Å². The lowest BCUT2D eigenvalue weighted by atomic mass is 10.0. The molecule has 0 N–H and O–H groups in total. The lowest BCUT2D eigenvalue weighted by molar-refractivity contribution is 1.18. The first-order chi connectivity index (χ1) is 8.24. The molecular formula is C18H26. The first kappa shape index (κ1) is 16.4. The maximum atomic E-state index is 2.20. The van der Waals surface area contributed by atoms with Gasteiger partial charge in [-0.1, -0.05) is 80.9 Å². The molecule has 2 aromatic carbocycles. The Kier molecular flexibility index (Phi) is 7.78. The number of benzene rings is 2. The highest BCUT2D eigenvalue weighted by Gasteiger charge is 1.95. The molecule has 0 bridgehead atoms. The van der Waals surface area contributed by atoms with E-state index < -0.39 is 0 Å². The topological polar surface area (TPSA) is 0 Å². The van der Waals surface area contributed by atoms with Crippen LogP contribution in [0.25, 0.3) is 0 Å². The molecule has 0 radical (unpaired) electrons. The Bertz CT molecular complexity index is 377. The molecule has 0 amide bonds. The fourth-order valence-corrected chi connectivity index (χ4v) is 1.65. The standard InChI is InChI=1S/C15H16.C2H6.CH4/c1-12-3-7-14(8-4-12)11-15-9-5-13(2)6-10-15;1-2;/h3-10H,11H2,1-2H3;1-2H3;1H4. The Morgan fingerprint density at radius 2 is 0.889 bits per heavy atom. The van der Waals surface area contributed by atoms with Gasteiger partial charge in [0.05, 0.1) is 0 Å². The van der Waals surface area contributed by atoms with Crippen LogP contribution in [0.5, 0.6) is 0 Å². The van der Waals surface area contributed by atoms with Crippen molar-refractivity contribution in [3.8, 4) is 0 Å². The van der Waals surface area contributed by atoms with Crippen molar-refractivity contribution in [1.29, 1.82) is 0 Å². The summed E-state index contributed by atoms with van der Waals surface area (Å²) in [6, 6.07) is 17.5. The van der Waals surface area contributed by atoms with Crippen LogP contribution in [-0.2, 0) is 6.42 Å². The normalized spacial score (nSPS) is 8.89. The predicted octanol–water partition coefficient (Wildman–Crippen LogP) is 5.56. The zero-order chi connectivity index (χ0) is 12.7. The van der Waals surface area contributed by atoms with E-state index in [2.05, 4.69) is 62.4 Å². The van der Waals surface area contributed by atoms with Gasteiger partial charge in [0.15, 0.2) is 0 Å². The van der Waals surface area contributed by atoms with Crippen molar-refractivity contribution in [2.45, 2.75) is 41.5 Å². The molecule has 2 aromatic rings. The first-order valence-corrected chi connectivity index (χ1v) is 6.35. The summed E-state index contributed by atoms with van der Waals surface area (Å²) in [5, 5.41) is 0. The summed E-state index contributed by atoms with van der Waals surface area (Å²) < 4.78 is 0. The molecule has 0 unspecified atom stereocenters. The molecule has 0 aliphatic heterocycles. The quantitative estimate of drug-likeness (QED) is 0.647. The van der Waals surface area contributed by atoms with E-state index in [1.54, 1.807) is 0 Å². The van der Waals surface area contributed by atoms with Crippen LogP contribution >= 0.6 is 0 Å². The molecular weight excluding hydrogens is 216 g/mol. The number of aryl methyl sites for hydroxylation is 2. The molecule has 0 spiro atoms. The average Bonchev–Trinajstić information content (AvgIpc) is 2.37. The molecule has 0 fully saturated rings. The van der Waals surface area contributed by atoms with Crippen LogP contribution in [0.2, 0.25) is 0 Å². The van der Waals surface area contributed by atoms with E-state index in [0.717, 1.165) is 6.42 Å². The molecule has 0 saturated carbocycles. The summed E-state index contributed by atoms with van der Waals surface area (Å²) in [6.45, 7) is 8.24. The third-order valence-corrected chi connectivity index (χ3v) is 2.65. The second-order valence-electron chi connectivity index (χ2n) is 4.15. The van der Waals surface area contributed by atoms with Gasteiger partial charge in [0.1, 0.15) is 0 Å². The van der Waals surface area contributed by atoms with E-state index in [4.69, 9.17) is 0 Å². The SMILES string of the molecule is C.CC.Cc1ccc(Cc2ccc(C)cc2)cc1. The van der Waals surface area contributed by atoms with Crippen LogP contribution in [0.4, 0.5) is 0 Å². The fraction of sp³-hybridized carbons (Fsp3) is 0.333. The van der Waals surface area contributed by atoms with Gasteiger partial charge in [-0.15, -0.1) is 0 Å². The van der Waals surface area contributed by atoms with Crippen LogP contribution in [0.3, 0.4) is 0 Å². The van der Waals surface area contributed by atoms with E-state index in [1.807, 2.05) is 13.8 Å². The van der Waals surface area contributed by atoms with Gasteiger partial charge in [0.2, 0.25) is 0 Å².